The van der Waals surface area contributed by atoms with E-state index in [0.29, 0.717) is 53.3 Å². The van der Waals surface area contributed by atoms with Crippen LogP contribution in [-0.2, 0) is 0 Å². The van der Waals surface area contributed by atoms with Gasteiger partial charge >= 0.3 is 0 Å². The maximum Gasteiger partial charge on any atom is 0.162 e. The smallest absolute Gasteiger partial charge is 0.162 e. The lowest BCUT2D eigenvalue weighted by Crippen LogP contribution is -2.35. The molecule has 0 amide bonds. The van der Waals surface area contributed by atoms with Gasteiger partial charge in [-0.25, -0.2) is 19.9 Å². The Labute approximate surface area is 385 Å². The van der Waals surface area contributed by atoms with Crippen molar-refractivity contribution < 1.29 is 19.7 Å². The molecule has 2 atom stereocenters. The first-order chi connectivity index (χ1) is 31.8. The summed E-state index contributed by atoms with van der Waals surface area (Å²) in [5, 5.41) is 40.2. The summed E-state index contributed by atoms with van der Waals surface area (Å²) in [7, 11) is 3.58. The van der Waals surface area contributed by atoms with Crippen molar-refractivity contribution in [1.29, 1.82) is 0 Å². The summed E-state index contributed by atoms with van der Waals surface area (Å²) in [5.41, 5.74) is 5.17. The Bertz CT molecular complexity index is 2370. The Kier molecular flexibility index (Phi) is 17.7. The molecule has 2 unspecified atom stereocenters. The van der Waals surface area contributed by atoms with Gasteiger partial charge in [-0.2, -0.15) is 0 Å². The van der Waals surface area contributed by atoms with E-state index in [1.807, 2.05) is 72.8 Å². The van der Waals surface area contributed by atoms with Crippen molar-refractivity contribution in [2.45, 2.75) is 50.0 Å². The quantitative estimate of drug-likeness (QED) is 0.0550. The summed E-state index contributed by atoms with van der Waals surface area (Å²) < 4.78 is 11.5. The van der Waals surface area contributed by atoms with Gasteiger partial charge in [0.1, 0.15) is 48.6 Å². The Hall–Kier alpha value is -5.85. The summed E-state index contributed by atoms with van der Waals surface area (Å²) in [6, 6.07) is 25.5. The normalized spacial score (nSPS) is 15.3. The summed E-state index contributed by atoms with van der Waals surface area (Å²) in [4.78, 5) is 27.5. The zero-order valence-electron chi connectivity index (χ0n) is 36.9. The van der Waals surface area contributed by atoms with Crippen LogP contribution in [0.1, 0.15) is 25.7 Å². The Morgan fingerprint density at radius 1 is 0.585 bits per heavy atom. The highest BCUT2D eigenvalue weighted by Crippen LogP contribution is 2.31. The summed E-state index contributed by atoms with van der Waals surface area (Å²) >= 11 is 6.39. The van der Waals surface area contributed by atoms with Gasteiger partial charge in [0, 0.05) is 89.4 Å². The molecule has 0 aliphatic carbocycles. The number of nitrogens with one attached hydrogen (secondary N) is 6. The van der Waals surface area contributed by atoms with Gasteiger partial charge in [0.25, 0.3) is 0 Å². The first-order valence-corrected chi connectivity index (χ1v) is 22.6. The average Bonchev–Trinajstić information content (AvgIpc) is 3.34. The molecule has 0 saturated carbocycles. The van der Waals surface area contributed by atoms with Crippen LogP contribution in [0.3, 0.4) is 0 Å². The van der Waals surface area contributed by atoms with Gasteiger partial charge in [0.05, 0.1) is 11.4 Å². The fourth-order valence-electron chi connectivity index (χ4n) is 7.47. The van der Waals surface area contributed by atoms with Gasteiger partial charge < -0.3 is 51.6 Å². The molecule has 2 fully saturated rings. The molecule has 2 saturated heterocycles. The number of piperidine rings is 2. The first kappa shape index (κ1) is 47.1. The molecule has 0 spiro atoms. The van der Waals surface area contributed by atoms with E-state index in [-0.39, 0.29) is 13.2 Å². The van der Waals surface area contributed by atoms with Crippen molar-refractivity contribution in [2.75, 3.05) is 77.2 Å². The second-order valence-electron chi connectivity index (χ2n) is 16.0. The fourth-order valence-corrected chi connectivity index (χ4v) is 7.69. The van der Waals surface area contributed by atoms with E-state index in [4.69, 9.17) is 41.0 Å². The van der Waals surface area contributed by atoms with Gasteiger partial charge in [0.2, 0.25) is 0 Å². The molecule has 6 aromatic rings. The molecule has 2 aromatic carbocycles. The van der Waals surface area contributed by atoms with Crippen molar-refractivity contribution in [3.05, 3.63) is 109 Å². The molecule has 6 heterocycles. The highest BCUT2D eigenvalue weighted by atomic mass is 35.5. The largest absolute Gasteiger partial charge is 0.491 e. The minimum Gasteiger partial charge on any atom is -0.491 e. The van der Waals surface area contributed by atoms with E-state index in [2.05, 4.69) is 41.9 Å². The Morgan fingerprint density at radius 2 is 1.06 bits per heavy atom. The number of ether oxygens (including phenoxy) is 2. The van der Waals surface area contributed by atoms with Crippen molar-refractivity contribution in [3.8, 4) is 56.8 Å². The van der Waals surface area contributed by atoms with E-state index in [9.17, 15) is 10.2 Å². The SMILES string of the molecule is CNCC(O)COc1cc(Cl)cc(-c2nc(NC3CCNCC3)cc(-c3ccncc3)n2)c1.CNCC(O)COc1cccc(-c2nc(NC3CCNCC3)cc(-c3ccncc3)n2)c1. The number of hydrogen-bond donors (Lipinski definition) is 8. The lowest BCUT2D eigenvalue weighted by molar-refractivity contribution is 0.108. The highest BCUT2D eigenvalue weighted by Gasteiger charge is 2.18. The maximum atomic E-state index is 9.96. The van der Waals surface area contributed by atoms with Gasteiger partial charge in [-0.15, -0.1) is 0 Å². The summed E-state index contributed by atoms with van der Waals surface area (Å²) in [6.07, 6.45) is 10.0. The fraction of sp³-hybridized carbons (Fsp3) is 0.375. The maximum absolute atomic E-state index is 9.96. The second-order valence-corrected chi connectivity index (χ2v) is 16.4. The van der Waals surface area contributed by atoms with Crippen molar-refractivity contribution >= 4 is 23.2 Å². The molecule has 65 heavy (non-hydrogen) atoms. The number of nitrogens with zero attached hydrogens (tertiary/aromatic N) is 6. The monoisotopic (exact) mass is 902 g/mol. The Balaban J connectivity index is 0.000000194. The molecular formula is C48H59ClN12O4. The molecule has 4 aromatic heterocycles. The van der Waals surface area contributed by atoms with Crippen LogP contribution in [0.5, 0.6) is 11.5 Å². The molecule has 0 radical (unpaired) electrons. The lowest BCUT2D eigenvalue weighted by atomic mass is 10.1. The van der Waals surface area contributed by atoms with Crippen LogP contribution in [0, 0.1) is 0 Å². The number of aliphatic hydroxyl groups is 2. The number of halogens is 1. The van der Waals surface area contributed by atoms with E-state index >= 15 is 0 Å². The number of aromatic nitrogens is 6. The first-order valence-electron chi connectivity index (χ1n) is 22.2. The van der Waals surface area contributed by atoms with E-state index in [1.54, 1.807) is 44.9 Å². The standard InChI is InChI=1S/C24H29ClN6O2.C24H30N6O2/c1-26-14-20(32)15-33-21-11-17(10-18(25)12-21)24-30-22(16-2-6-27-7-3-16)13-23(31-24)29-19-4-8-28-9-5-19;1-25-15-20(31)16-32-21-4-2-3-18(13-21)24-29-22(17-5-9-26-10-6-17)14-23(30-24)28-19-7-11-27-12-8-19/h2-3,6-7,10-13,19-20,26,28,32H,4-5,8-9,14-15H2,1H3,(H,29,30,31);2-6,9-10,13-14,19-20,25,27,31H,7-8,11-12,15-16H2,1H3,(H,28,29,30). The predicted molar refractivity (Wildman–Crippen MR) is 256 cm³/mol. The number of rotatable bonds is 18. The number of anilines is 2. The molecule has 8 N–H and O–H groups in total. The van der Waals surface area contributed by atoms with Crippen LogP contribution in [0.15, 0.2) is 104 Å². The predicted octanol–water partition coefficient (Wildman–Crippen LogP) is 5.31. The Morgan fingerprint density at radius 3 is 1.57 bits per heavy atom. The molecule has 17 heteroatoms. The van der Waals surface area contributed by atoms with Gasteiger partial charge in [-0.05, 0) is 121 Å². The van der Waals surface area contributed by atoms with Crippen LogP contribution in [0.25, 0.3) is 45.3 Å². The van der Waals surface area contributed by atoms with Crippen LogP contribution in [0.4, 0.5) is 11.6 Å². The number of pyridine rings is 2. The zero-order chi connectivity index (χ0) is 45.2. The van der Waals surface area contributed by atoms with E-state index in [0.717, 1.165) is 97.1 Å². The number of hydrogen-bond acceptors (Lipinski definition) is 16. The van der Waals surface area contributed by atoms with E-state index in [1.165, 1.54) is 0 Å². The van der Waals surface area contributed by atoms with E-state index < -0.39 is 12.2 Å². The van der Waals surface area contributed by atoms with Crippen LogP contribution in [0.2, 0.25) is 5.02 Å². The number of likely N-dealkylation sites (N-methyl/N-ethyl adjacent to an activating group) is 2. The van der Waals surface area contributed by atoms with Gasteiger partial charge in [0.15, 0.2) is 11.6 Å². The van der Waals surface area contributed by atoms with Crippen LogP contribution >= 0.6 is 11.6 Å². The number of benzene rings is 2. The third-order valence-electron chi connectivity index (χ3n) is 10.8. The van der Waals surface area contributed by atoms with Crippen molar-refractivity contribution in [2.24, 2.45) is 0 Å². The van der Waals surface area contributed by atoms with Crippen LogP contribution < -0.4 is 41.4 Å². The number of aliphatic hydroxyl groups excluding tert-OH is 2. The summed E-state index contributed by atoms with van der Waals surface area (Å²) in [6.45, 7) is 5.27. The third kappa shape index (κ3) is 14.6. The zero-order valence-corrected chi connectivity index (χ0v) is 37.6. The second kappa shape index (κ2) is 24.4. The highest BCUT2D eigenvalue weighted by molar-refractivity contribution is 6.31. The molecule has 342 valence electrons. The summed E-state index contributed by atoms with van der Waals surface area (Å²) in [5.74, 6) is 3.97. The molecule has 16 nitrogen and oxygen atoms in total. The van der Waals surface area contributed by atoms with Crippen molar-refractivity contribution in [1.82, 2.24) is 51.2 Å². The topological polar surface area (TPSA) is 208 Å². The van der Waals surface area contributed by atoms with Gasteiger partial charge in [-0.1, -0.05) is 23.7 Å². The molecule has 0 bridgehead atoms. The third-order valence-corrected chi connectivity index (χ3v) is 11.0. The molecular weight excluding hydrogens is 844 g/mol. The molecule has 8 rings (SSSR count). The minimum absolute atomic E-state index is 0.154. The molecule has 2 aliphatic rings. The lowest BCUT2D eigenvalue weighted by Gasteiger charge is -2.24. The van der Waals surface area contributed by atoms with Gasteiger partial charge in [-0.3, -0.25) is 9.97 Å². The van der Waals surface area contributed by atoms with Crippen LogP contribution in [-0.4, -0.2) is 131 Å². The molecule has 2 aliphatic heterocycles. The average molecular weight is 904 g/mol. The van der Waals surface area contributed by atoms with Crippen molar-refractivity contribution in [3.63, 3.8) is 0 Å². The minimum atomic E-state index is -0.621.